The van der Waals surface area contributed by atoms with Gasteiger partial charge in [-0.3, -0.25) is 0 Å². The van der Waals surface area contributed by atoms with Crippen LogP contribution in [0, 0.1) is 0 Å². The molecule has 0 unspecified atom stereocenters. The molecule has 0 aliphatic carbocycles. The minimum absolute atomic E-state index is 0.168. The number of phenols is 1. The van der Waals surface area contributed by atoms with Gasteiger partial charge in [0.15, 0.2) is 0 Å². The van der Waals surface area contributed by atoms with E-state index in [-0.39, 0.29) is 12.4 Å². The molecule has 5 nitrogen and oxygen atoms in total. The van der Waals surface area contributed by atoms with Crippen LogP contribution in [0.5, 0.6) is 5.75 Å². The molecule has 0 spiro atoms. The second kappa shape index (κ2) is 6.40. The first-order chi connectivity index (χ1) is 9.63. The minimum Gasteiger partial charge on any atom is -0.508 e. The van der Waals surface area contributed by atoms with Gasteiger partial charge in [-0.15, -0.1) is 11.3 Å². The number of thiophene rings is 1. The van der Waals surface area contributed by atoms with E-state index in [4.69, 9.17) is 15.2 Å². The number of anilines is 1. The predicted molar refractivity (Wildman–Crippen MR) is 78.0 cm³/mol. The molecule has 0 saturated carbocycles. The molecule has 0 radical (unpaired) electrons. The highest BCUT2D eigenvalue weighted by Gasteiger charge is 2.19. The number of rotatable bonds is 5. The van der Waals surface area contributed by atoms with E-state index in [1.54, 1.807) is 29.6 Å². The van der Waals surface area contributed by atoms with Gasteiger partial charge in [0.05, 0.1) is 6.61 Å². The smallest absolute Gasteiger partial charge is 0.341 e. The summed E-state index contributed by atoms with van der Waals surface area (Å²) < 4.78 is 9.94. The Morgan fingerprint density at radius 3 is 2.65 bits per heavy atom. The molecule has 1 aromatic carbocycles. The summed E-state index contributed by atoms with van der Waals surface area (Å²) in [6.45, 7) is 0.518. The molecule has 0 bridgehead atoms. The van der Waals surface area contributed by atoms with Crippen molar-refractivity contribution in [3.05, 3.63) is 35.2 Å². The SMILES string of the molecule is COCCOC(=O)c1c(-c2ccc(O)cc2)csc1N. The van der Waals surface area contributed by atoms with Gasteiger partial charge in [0.1, 0.15) is 22.9 Å². The molecule has 3 N–H and O–H groups in total. The van der Waals surface area contributed by atoms with Crippen molar-refractivity contribution < 1.29 is 19.4 Å². The summed E-state index contributed by atoms with van der Waals surface area (Å²) in [5.74, 6) is -0.301. The van der Waals surface area contributed by atoms with Gasteiger partial charge in [0.2, 0.25) is 0 Å². The Labute approximate surface area is 120 Å². The Bertz CT molecular complexity index is 592. The molecule has 0 aliphatic heterocycles. The lowest BCUT2D eigenvalue weighted by Crippen LogP contribution is -2.11. The predicted octanol–water partition coefficient (Wildman–Crippen LogP) is 2.51. The lowest BCUT2D eigenvalue weighted by atomic mass is 10.0. The van der Waals surface area contributed by atoms with Gasteiger partial charge >= 0.3 is 5.97 Å². The second-order valence-electron chi connectivity index (χ2n) is 4.06. The van der Waals surface area contributed by atoms with Crippen LogP contribution < -0.4 is 5.73 Å². The topological polar surface area (TPSA) is 81.8 Å². The van der Waals surface area contributed by atoms with Crippen molar-refractivity contribution in [1.82, 2.24) is 0 Å². The van der Waals surface area contributed by atoms with Crippen molar-refractivity contribution in [1.29, 1.82) is 0 Å². The molecule has 6 heteroatoms. The van der Waals surface area contributed by atoms with Gasteiger partial charge in [0.25, 0.3) is 0 Å². The van der Waals surface area contributed by atoms with E-state index >= 15 is 0 Å². The molecule has 0 fully saturated rings. The van der Waals surface area contributed by atoms with E-state index in [1.165, 1.54) is 18.4 Å². The molecule has 0 amide bonds. The molecule has 2 aromatic rings. The zero-order valence-electron chi connectivity index (χ0n) is 11.0. The zero-order valence-corrected chi connectivity index (χ0v) is 11.8. The van der Waals surface area contributed by atoms with Crippen LogP contribution in [0.25, 0.3) is 11.1 Å². The first kappa shape index (κ1) is 14.4. The number of hydrogen-bond acceptors (Lipinski definition) is 6. The van der Waals surface area contributed by atoms with Crippen LogP contribution in [-0.2, 0) is 9.47 Å². The maximum Gasteiger partial charge on any atom is 0.341 e. The van der Waals surface area contributed by atoms with Gasteiger partial charge in [0, 0.05) is 18.1 Å². The van der Waals surface area contributed by atoms with Crippen LogP contribution in [0.2, 0.25) is 0 Å². The molecule has 0 saturated heterocycles. The number of methoxy groups -OCH3 is 1. The Morgan fingerprint density at radius 2 is 2.00 bits per heavy atom. The van der Waals surface area contributed by atoms with Crippen molar-refractivity contribution in [2.45, 2.75) is 0 Å². The summed E-state index contributed by atoms with van der Waals surface area (Å²) in [5.41, 5.74) is 7.71. The lowest BCUT2D eigenvalue weighted by Gasteiger charge is -2.07. The van der Waals surface area contributed by atoms with Crippen LogP contribution in [0.1, 0.15) is 10.4 Å². The van der Waals surface area contributed by atoms with Crippen LogP contribution >= 0.6 is 11.3 Å². The summed E-state index contributed by atoms with van der Waals surface area (Å²) >= 11 is 1.28. The molecular weight excluding hydrogens is 278 g/mol. The van der Waals surface area contributed by atoms with E-state index in [9.17, 15) is 9.90 Å². The number of ether oxygens (including phenoxy) is 2. The van der Waals surface area contributed by atoms with Crippen molar-refractivity contribution >= 4 is 22.3 Å². The third-order valence-corrected chi connectivity index (χ3v) is 3.53. The number of phenolic OH excluding ortho intramolecular Hbond substituents is 1. The molecule has 1 aromatic heterocycles. The second-order valence-corrected chi connectivity index (χ2v) is 4.98. The highest BCUT2D eigenvalue weighted by Crippen LogP contribution is 2.34. The van der Waals surface area contributed by atoms with Crippen LogP contribution in [0.4, 0.5) is 5.00 Å². The summed E-state index contributed by atoms with van der Waals surface area (Å²) in [7, 11) is 1.54. The molecule has 0 atom stereocenters. The van der Waals surface area contributed by atoms with E-state index in [0.717, 1.165) is 5.56 Å². The fourth-order valence-electron chi connectivity index (χ4n) is 1.73. The third kappa shape index (κ3) is 3.09. The fraction of sp³-hybridized carbons (Fsp3) is 0.214. The van der Waals surface area contributed by atoms with Gasteiger partial charge in [-0.05, 0) is 17.7 Å². The van der Waals surface area contributed by atoms with Gasteiger partial charge in [-0.2, -0.15) is 0 Å². The van der Waals surface area contributed by atoms with Crippen LogP contribution in [0.15, 0.2) is 29.6 Å². The molecule has 106 valence electrons. The first-order valence-corrected chi connectivity index (χ1v) is 6.84. The first-order valence-electron chi connectivity index (χ1n) is 5.96. The molecule has 2 rings (SSSR count). The Hall–Kier alpha value is -2.05. The Morgan fingerprint density at radius 1 is 1.30 bits per heavy atom. The Balaban J connectivity index is 2.27. The molecule has 20 heavy (non-hydrogen) atoms. The molecular formula is C14H15NO4S. The fourth-order valence-corrected chi connectivity index (χ4v) is 2.54. The number of benzene rings is 1. The lowest BCUT2D eigenvalue weighted by molar-refractivity contribution is 0.0390. The highest BCUT2D eigenvalue weighted by molar-refractivity contribution is 7.14. The number of nitrogen functional groups attached to an aromatic ring is 1. The van der Waals surface area contributed by atoms with Crippen LogP contribution in [0.3, 0.4) is 0 Å². The van der Waals surface area contributed by atoms with E-state index in [2.05, 4.69) is 0 Å². The molecule has 0 aliphatic rings. The average molecular weight is 293 g/mol. The normalized spacial score (nSPS) is 10.4. The monoisotopic (exact) mass is 293 g/mol. The number of nitrogens with two attached hydrogens (primary N) is 1. The minimum atomic E-state index is -0.469. The highest BCUT2D eigenvalue weighted by atomic mass is 32.1. The third-order valence-electron chi connectivity index (χ3n) is 2.72. The quantitative estimate of drug-likeness (QED) is 0.654. The van der Waals surface area contributed by atoms with E-state index < -0.39 is 5.97 Å². The van der Waals surface area contributed by atoms with Crippen molar-refractivity contribution in [3.8, 4) is 16.9 Å². The summed E-state index contributed by atoms with van der Waals surface area (Å²) in [4.78, 5) is 12.1. The van der Waals surface area contributed by atoms with Gasteiger partial charge < -0.3 is 20.3 Å². The number of carbonyl (C=O) groups is 1. The summed E-state index contributed by atoms with van der Waals surface area (Å²) in [6, 6.07) is 6.57. The summed E-state index contributed by atoms with van der Waals surface area (Å²) in [6.07, 6.45) is 0. The number of carbonyl (C=O) groups excluding carboxylic acids is 1. The van der Waals surface area contributed by atoms with Crippen molar-refractivity contribution in [2.75, 3.05) is 26.1 Å². The number of hydrogen-bond donors (Lipinski definition) is 2. The average Bonchev–Trinajstić information content (AvgIpc) is 2.82. The zero-order chi connectivity index (χ0) is 14.5. The largest absolute Gasteiger partial charge is 0.508 e. The Kier molecular flexibility index (Phi) is 4.60. The van der Waals surface area contributed by atoms with Crippen molar-refractivity contribution in [2.24, 2.45) is 0 Å². The van der Waals surface area contributed by atoms with Gasteiger partial charge in [-0.1, -0.05) is 12.1 Å². The van der Waals surface area contributed by atoms with Crippen LogP contribution in [-0.4, -0.2) is 31.4 Å². The van der Waals surface area contributed by atoms with Gasteiger partial charge in [-0.25, -0.2) is 4.79 Å². The summed E-state index contributed by atoms with van der Waals surface area (Å²) in [5, 5.41) is 11.5. The molecule has 1 heterocycles. The number of esters is 1. The van der Waals surface area contributed by atoms with Crippen molar-refractivity contribution in [3.63, 3.8) is 0 Å². The van der Waals surface area contributed by atoms with E-state index in [0.29, 0.717) is 22.7 Å². The maximum atomic E-state index is 12.1. The van der Waals surface area contributed by atoms with E-state index in [1.807, 2.05) is 0 Å². The standard InChI is InChI=1S/C14H15NO4S/c1-18-6-7-19-14(17)12-11(8-20-13(12)15)9-2-4-10(16)5-3-9/h2-5,8,16H,6-7,15H2,1H3. The number of aromatic hydroxyl groups is 1. The maximum absolute atomic E-state index is 12.1.